The van der Waals surface area contributed by atoms with Gasteiger partial charge in [0.2, 0.25) is 0 Å². The summed E-state index contributed by atoms with van der Waals surface area (Å²) in [5.74, 6) is 8.93. The fraction of sp³-hybridized carbons (Fsp3) is 0.0435. The molecule has 0 aliphatic heterocycles. The number of hydrogen-bond acceptors (Lipinski definition) is 0. The van der Waals surface area contributed by atoms with E-state index >= 15 is 0 Å². The first kappa shape index (κ1) is 17.2. The highest BCUT2D eigenvalue weighted by Gasteiger charge is 2.19. The summed E-state index contributed by atoms with van der Waals surface area (Å²) in [5.41, 5.74) is 4.88. The van der Waals surface area contributed by atoms with E-state index in [0.717, 1.165) is 22.3 Å². The molecule has 0 N–H and O–H groups in total. The Hall–Kier alpha value is -2.64. The lowest BCUT2D eigenvalue weighted by molar-refractivity contribution is 1.41. The minimum absolute atomic E-state index is 0.424. The molecule has 0 radical (unpaired) electrons. The van der Waals surface area contributed by atoms with Crippen molar-refractivity contribution in [3.8, 4) is 35.3 Å². The molecule has 3 aromatic rings. The third kappa shape index (κ3) is 3.42. The summed E-state index contributed by atoms with van der Waals surface area (Å²) in [6.07, 6.45) is 5.66. The first-order valence-corrected chi connectivity index (χ1v) is 8.49. The van der Waals surface area contributed by atoms with Crippen LogP contribution in [-0.2, 0) is 0 Å². The number of hydrogen-bond donors (Lipinski definition) is 0. The molecule has 0 aromatic heterocycles. The third-order valence-electron chi connectivity index (χ3n) is 3.94. The molecule has 0 nitrogen and oxygen atoms in total. The van der Waals surface area contributed by atoms with Crippen molar-refractivity contribution in [2.45, 2.75) is 6.92 Å². The quantitative estimate of drug-likeness (QED) is 0.443. The van der Waals surface area contributed by atoms with E-state index in [0.29, 0.717) is 21.2 Å². The predicted molar refractivity (Wildman–Crippen MR) is 107 cm³/mol. The molecule has 0 fully saturated rings. The lowest BCUT2D eigenvalue weighted by Gasteiger charge is -2.15. The van der Waals surface area contributed by atoms with Crippen LogP contribution in [0.4, 0.5) is 0 Å². The van der Waals surface area contributed by atoms with Gasteiger partial charge in [0.25, 0.3) is 0 Å². The van der Waals surface area contributed by atoms with Crippen LogP contribution in [0.5, 0.6) is 0 Å². The van der Waals surface area contributed by atoms with Gasteiger partial charge < -0.3 is 0 Å². The highest BCUT2D eigenvalue weighted by atomic mass is 35.5. The summed E-state index contributed by atoms with van der Waals surface area (Å²) in [6.45, 7) is 1.97. The van der Waals surface area contributed by atoms with Crippen molar-refractivity contribution in [1.29, 1.82) is 0 Å². The standard InChI is InChI=1S/C23H14Cl2/c1-3-19-22(24)20(15-14-17-10-6-4-7-11-17)16(2)21(23(19)25)18-12-8-5-9-13-18/h1,4-13H,2H3. The van der Waals surface area contributed by atoms with Gasteiger partial charge in [0.05, 0.1) is 15.6 Å². The van der Waals surface area contributed by atoms with Crippen LogP contribution in [0.15, 0.2) is 60.7 Å². The molecule has 0 heterocycles. The molecular formula is C23H14Cl2. The van der Waals surface area contributed by atoms with Gasteiger partial charge >= 0.3 is 0 Å². The van der Waals surface area contributed by atoms with E-state index < -0.39 is 0 Å². The summed E-state index contributed by atoms with van der Waals surface area (Å²) in [6, 6.07) is 19.6. The van der Waals surface area contributed by atoms with Crippen LogP contribution >= 0.6 is 23.2 Å². The minimum atomic E-state index is 0.424. The van der Waals surface area contributed by atoms with Crippen molar-refractivity contribution >= 4 is 23.2 Å². The molecule has 0 amide bonds. The molecule has 3 aromatic carbocycles. The van der Waals surface area contributed by atoms with Gasteiger partial charge in [0.1, 0.15) is 0 Å². The largest absolute Gasteiger partial charge is 0.115 e. The first-order chi connectivity index (χ1) is 12.1. The fourth-order valence-electron chi connectivity index (χ4n) is 2.68. The molecule has 3 rings (SSSR count). The van der Waals surface area contributed by atoms with Crippen molar-refractivity contribution in [2.24, 2.45) is 0 Å². The summed E-state index contributed by atoms with van der Waals surface area (Å²) >= 11 is 13.1. The number of terminal acetylenes is 1. The maximum atomic E-state index is 6.57. The topological polar surface area (TPSA) is 0 Å². The second kappa shape index (κ2) is 7.50. The lowest BCUT2D eigenvalue weighted by Crippen LogP contribution is -1.96. The maximum Gasteiger partial charge on any atom is 0.0737 e. The van der Waals surface area contributed by atoms with Crippen LogP contribution < -0.4 is 0 Å². The molecular weight excluding hydrogens is 347 g/mol. The molecule has 2 heteroatoms. The number of halogens is 2. The van der Waals surface area contributed by atoms with Crippen LogP contribution in [-0.4, -0.2) is 0 Å². The van der Waals surface area contributed by atoms with Gasteiger partial charge in [0, 0.05) is 16.7 Å². The highest BCUT2D eigenvalue weighted by molar-refractivity contribution is 6.39. The Balaban J connectivity index is 2.27. The number of rotatable bonds is 1. The summed E-state index contributed by atoms with van der Waals surface area (Å²) < 4.78 is 0. The van der Waals surface area contributed by atoms with E-state index in [1.54, 1.807) is 0 Å². The van der Waals surface area contributed by atoms with Gasteiger partial charge in [-0.3, -0.25) is 0 Å². The van der Waals surface area contributed by atoms with Crippen LogP contribution in [0.25, 0.3) is 11.1 Å². The van der Waals surface area contributed by atoms with Crippen molar-refractivity contribution in [3.05, 3.63) is 93.0 Å². The fourth-order valence-corrected chi connectivity index (χ4v) is 3.47. The molecule has 0 aliphatic carbocycles. The second-order valence-corrected chi connectivity index (χ2v) is 6.26. The third-order valence-corrected chi connectivity index (χ3v) is 4.70. The van der Waals surface area contributed by atoms with Gasteiger partial charge in [-0.25, -0.2) is 0 Å². The van der Waals surface area contributed by atoms with Gasteiger partial charge in [-0.05, 0) is 30.2 Å². The molecule has 120 valence electrons. The molecule has 25 heavy (non-hydrogen) atoms. The summed E-state index contributed by atoms with van der Waals surface area (Å²) in [7, 11) is 0. The van der Waals surface area contributed by atoms with E-state index in [1.807, 2.05) is 67.6 Å². The van der Waals surface area contributed by atoms with Crippen LogP contribution in [0, 0.1) is 31.1 Å². The van der Waals surface area contributed by atoms with Gasteiger partial charge in [-0.2, -0.15) is 0 Å². The Morgan fingerprint density at radius 2 is 1.36 bits per heavy atom. The van der Waals surface area contributed by atoms with Crippen molar-refractivity contribution in [3.63, 3.8) is 0 Å². The highest BCUT2D eigenvalue weighted by Crippen LogP contribution is 2.40. The van der Waals surface area contributed by atoms with Gasteiger partial charge in [-0.15, -0.1) is 6.42 Å². The monoisotopic (exact) mass is 360 g/mol. The zero-order chi connectivity index (χ0) is 17.8. The van der Waals surface area contributed by atoms with E-state index in [4.69, 9.17) is 29.6 Å². The zero-order valence-corrected chi connectivity index (χ0v) is 15.1. The summed E-state index contributed by atoms with van der Waals surface area (Å²) in [4.78, 5) is 0. The lowest BCUT2D eigenvalue weighted by atomic mass is 9.93. The number of benzene rings is 3. The Labute approximate surface area is 158 Å². The Kier molecular flexibility index (Phi) is 5.16. The Morgan fingerprint density at radius 1 is 0.760 bits per heavy atom. The maximum absolute atomic E-state index is 6.57. The van der Waals surface area contributed by atoms with Gasteiger partial charge in [0.15, 0.2) is 0 Å². The summed E-state index contributed by atoms with van der Waals surface area (Å²) in [5, 5.41) is 0.912. The Morgan fingerprint density at radius 3 is 1.96 bits per heavy atom. The van der Waals surface area contributed by atoms with E-state index in [9.17, 15) is 0 Å². The van der Waals surface area contributed by atoms with Crippen molar-refractivity contribution < 1.29 is 0 Å². The average molecular weight is 361 g/mol. The molecule has 0 aliphatic rings. The van der Waals surface area contributed by atoms with Crippen LogP contribution in [0.3, 0.4) is 0 Å². The smallest absolute Gasteiger partial charge is 0.0737 e. The molecule has 0 atom stereocenters. The van der Waals surface area contributed by atoms with Crippen molar-refractivity contribution in [1.82, 2.24) is 0 Å². The normalized spacial score (nSPS) is 9.84. The predicted octanol–water partition coefficient (Wildman–Crippen LogP) is 6.35. The molecule has 0 bridgehead atoms. The SMILES string of the molecule is C#Cc1c(Cl)c(C#Cc2ccccc2)c(C)c(-c2ccccc2)c1Cl. The van der Waals surface area contributed by atoms with E-state index in [1.165, 1.54) is 0 Å². The Bertz CT molecular complexity index is 1020. The zero-order valence-electron chi connectivity index (χ0n) is 13.6. The van der Waals surface area contributed by atoms with Gasteiger partial charge in [-0.1, -0.05) is 89.5 Å². The van der Waals surface area contributed by atoms with E-state index in [2.05, 4.69) is 17.8 Å². The molecule has 0 spiro atoms. The van der Waals surface area contributed by atoms with Crippen LogP contribution in [0.1, 0.15) is 22.3 Å². The van der Waals surface area contributed by atoms with E-state index in [-0.39, 0.29) is 0 Å². The average Bonchev–Trinajstić information content (AvgIpc) is 2.64. The first-order valence-electron chi connectivity index (χ1n) is 7.74. The van der Waals surface area contributed by atoms with Crippen molar-refractivity contribution in [2.75, 3.05) is 0 Å². The minimum Gasteiger partial charge on any atom is -0.115 e. The molecule has 0 saturated carbocycles. The molecule has 0 saturated heterocycles. The second-order valence-electron chi connectivity index (χ2n) is 5.50. The van der Waals surface area contributed by atoms with Crippen LogP contribution in [0.2, 0.25) is 10.0 Å². The molecule has 0 unspecified atom stereocenters.